The minimum atomic E-state index is -0.529. The molecule has 0 unspecified atom stereocenters. The summed E-state index contributed by atoms with van der Waals surface area (Å²) in [6.07, 6.45) is 3.87. The Labute approximate surface area is 136 Å². The van der Waals surface area contributed by atoms with Crippen LogP contribution in [-0.4, -0.2) is 36.7 Å². The van der Waals surface area contributed by atoms with E-state index in [1.807, 2.05) is 30.3 Å². The van der Waals surface area contributed by atoms with Crippen molar-refractivity contribution < 1.29 is 19.1 Å². The lowest BCUT2D eigenvalue weighted by Crippen LogP contribution is -2.55. The molecule has 1 aromatic rings. The number of likely N-dealkylation sites (tertiary alicyclic amines) is 1. The fourth-order valence-electron chi connectivity index (χ4n) is 4.08. The highest BCUT2D eigenvalue weighted by atomic mass is 16.6. The molecule has 0 N–H and O–H groups in total. The second kappa shape index (κ2) is 6.60. The Kier molecular flexibility index (Phi) is 4.55. The van der Waals surface area contributed by atoms with Crippen molar-refractivity contribution in [1.29, 1.82) is 0 Å². The predicted octanol–water partition coefficient (Wildman–Crippen LogP) is 3.13. The number of carbonyl (C=O) groups is 2. The molecule has 1 heterocycles. The summed E-state index contributed by atoms with van der Waals surface area (Å²) in [5.74, 6) is -0.180. The topological polar surface area (TPSA) is 55.8 Å². The lowest BCUT2D eigenvalue weighted by atomic mass is 9.75. The van der Waals surface area contributed by atoms with Crippen LogP contribution in [0.15, 0.2) is 30.3 Å². The first-order valence-corrected chi connectivity index (χ1v) is 8.23. The van der Waals surface area contributed by atoms with Gasteiger partial charge in [0.25, 0.3) is 0 Å². The van der Waals surface area contributed by atoms with Gasteiger partial charge in [-0.15, -0.1) is 0 Å². The van der Waals surface area contributed by atoms with Crippen LogP contribution >= 0.6 is 0 Å². The first-order chi connectivity index (χ1) is 11.2. The van der Waals surface area contributed by atoms with Gasteiger partial charge in [-0.25, -0.2) is 4.79 Å². The number of hydrogen-bond donors (Lipinski definition) is 0. The number of carbonyl (C=O) groups excluding carboxylic acids is 2. The van der Waals surface area contributed by atoms with Crippen molar-refractivity contribution in [2.45, 2.75) is 44.8 Å². The summed E-state index contributed by atoms with van der Waals surface area (Å²) >= 11 is 0. The standard InChI is InChI=1S/C18H23NO4/c1-22-16(20)18-10-5-9-15(18)19(12-6-11-18)17(21)23-13-14-7-3-2-4-8-14/h2-4,7-8,15H,5-6,9-13H2,1H3/t15-,18+/m0/s1. The molecule has 1 aliphatic carbocycles. The summed E-state index contributed by atoms with van der Waals surface area (Å²) in [5.41, 5.74) is 0.433. The van der Waals surface area contributed by atoms with Gasteiger partial charge >= 0.3 is 12.1 Å². The molecule has 0 spiro atoms. The molecule has 2 fully saturated rings. The number of methoxy groups -OCH3 is 1. The molecule has 3 rings (SSSR count). The summed E-state index contributed by atoms with van der Waals surface area (Å²) in [5, 5.41) is 0. The molecule has 23 heavy (non-hydrogen) atoms. The van der Waals surface area contributed by atoms with Crippen LogP contribution in [-0.2, 0) is 20.9 Å². The van der Waals surface area contributed by atoms with Crippen LogP contribution in [0.4, 0.5) is 4.79 Å². The third-order valence-corrected chi connectivity index (χ3v) is 5.17. The van der Waals surface area contributed by atoms with E-state index < -0.39 is 5.41 Å². The summed E-state index contributed by atoms with van der Waals surface area (Å²) in [6, 6.07) is 9.54. The molecule has 1 aromatic carbocycles. The zero-order valence-electron chi connectivity index (χ0n) is 13.5. The second-order valence-corrected chi connectivity index (χ2v) is 6.39. The van der Waals surface area contributed by atoms with Gasteiger partial charge in [0.15, 0.2) is 0 Å². The van der Waals surface area contributed by atoms with E-state index in [1.165, 1.54) is 7.11 Å². The van der Waals surface area contributed by atoms with Crippen LogP contribution in [0.1, 0.15) is 37.7 Å². The van der Waals surface area contributed by atoms with E-state index in [-0.39, 0.29) is 24.7 Å². The van der Waals surface area contributed by atoms with Gasteiger partial charge in [-0.2, -0.15) is 0 Å². The van der Waals surface area contributed by atoms with Gasteiger partial charge in [0.1, 0.15) is 6.61 Å². The summed E-state index contributed by atoms with van der Waals surface area (Å²) in [7, 11) is 1.43. The molecule has 1 amide bonds. The number of piperidine rings is 1. The SMILES string of the molecule is COC(=O)[C@@]12CCC[C@@H]1N(C(=O)OCc1ccccc1)CCC2. The van der Waals surface area contributed by atoms with E-state index in [0.29, 0.717) is 6.54 Å². The average molecular weight is 317 g/mol. The number of ether oxygens (including phenoxy) is 2. The molecule has 2 atom stereocenters. The van der Waals surface area contributed by atoms with Gasteiger partial charge in [0.05, 0.1) is 18.6 Å². The third kappa shape index (κ3) is 2.92. The second-order valence-electron chi connectivity index (χ2n) is 6.39. The Morgan fingerprint density at radius 3 is 2.70 bits per heavy atom. The first kappa shape index (κ1) is 15.8. The van der Waals surface area contributed by atoms with Crippen molar-refractivity contribution in [3.8, 4) is 0 Å². The van der Waals surface area contributed by atoms with Gasteiger partial charge < -0.3 is 14.4 Å². The van der Waals surface area contributed by atoms with Crippen molar-refractivity contribution in [2.24, 2.45) is 5.41 Å². The van der Waals surface area contributed by atoms with E-state index in [0.717, 1.165) is 37.7 Å². The van der Waals surface area contributed by atoms with Gasteiger partial charge in [-0.05, 0) is 31.2 Å². The molecule has 0 aromatic heterocycles. The number of esters is 1. The Balaban J connectivity index is 1.69. The molecular weight excluding hydrogens is 294 g/mol. The van der Waals surface area contributed by atoms with Gasteiger partial charge in [-0.3, -0.25) is 4.79 Å². The number of nitrogens with zero attached hydrogens (tertiary/aromatic N) is 1. The lowest BCUT2D eigenvalue weighted by molar-refractivity contribution is -0.158. The Bertz CT molecular complexity index is 574. The minimum Gasteiger partial charge on any atom is -0.469 e. The van der Waals surface area contributed by atoms with E-state index in [1.54, 1.807) is 4.90 Å². The molecule has 5 nitrogen and oxygen atoms in total. The average Bonchev–Trinajstić information content (AvgIpc) is 3.05. The number of hydrogen-bond acceptors (Lipinski definition) is 4. The Morgan fingerprint density at radius 2 is 1.96 bits per heavy atom. The molecular formula is C18H23NO4. The number of benzene rings is 1. The molecule has 1 aliphatic heterocycles. The van der Waals surface area contributed by atoms with Crippen molar-refractivity contribution >= 4 is 12.1 Å². The highest BCUT2D eigenvalue weighted by Crippen LogP contribution is 2.48. The van der Waals surface area contributed by atoms with Crippen molar-refractivity contribution in [3.05, 3.63) is 35.9 Å². The fourth-order valence-corrected chi connectivity index (χ4v) is 4.08. The molecule has 1 saturated heterocycles. The van der Waals surface area contributed by atoms with Crippen molar-refractivity contribution in [3.63, 3.8) is 0 Å². The van der Waals surface area contributed by atoms with E-state index in [9.17, 15) is 9.59 Å². The third-order valence-electron chi connectivity index (χ3n) is 5.17. The lowest BCUT2D eigenvalue weighted by Gasteiger charge is -2.43. The number of rotatable bonds is 3. The molecule has 124 valence electrons. The summed E-state index contributed by atoms with van der Waals surface area (Å²) in [6.45, 7) is 0.908. The largest absolute Gasteiger partial charge is 0.469 e. The first-order valence-electron chi connectivity index (χ1n) is 8.23. The van der Waals surface area contributed by atoms with Crippen LogP contribution in [0.2, 0.25) is 0 Å². The summed E-state index contributed by atoms with van der Waals surface area (Å²) < 4.78 is 10.5. The van der Waals surface area contributed by atoms with Gasteiger partial charge in [0.2, 0.25) is 0 Å². The molecule has 0 bridgehead atoms. The molecule has 2 aliphatic rings. The van der Waals surface area contributed by atoms with Crippen LogP contribution in [0, 0.1) is 5.41 Å². The maximum atomic E-state index is 12.5. The quantitative estimate of drug-likeness (QED) is 0.804. The normalized spacial score (nSPS) is 26.5. The molecule has 1 saturated carbocycles. The van der Waals surface area contributed by atoms with Gasteiger partial charge in [-0.1, -0.05) is 36.8 Å². The maximum absolute atomic E-state index is 12.5. The monoisotopic (exact) mass is 317 g/mol. The van der Waals surface area contributed by atoms with Gasteiger partial charge in [0, 0.05) is 6.54 Å². The van der Waals surface area contributed by atoms with Crippen molar-refractivity contribution in [1.82, 2.24) is 4.90 Å². The predicted molar refractivity (Wildman–Crippen MR) is 84.7 cm³/mol. The number of amides is 1. The molecule has 5 heteroatoms. The van der Waals surface area contributed by atoms with E-state index >= 15 is 0 Å². The molecule has 0 radical (unpaired) electrons. The highest BCUT2D eigenvalue weighted by Gasteiger charge is 2.55. The minimum absolute atomic E-state index is 0.0908. The maximum Gasteiger partial charge on any atom is 0.410 e. The number of fused-ring (bicyclic) bond motifs is 1. The Morgan fingerprint density at radius 1 is 1.22 bits per heavy atom. The fraction of sp³-hybridized carbons (Fsp3) is 0.556. The van der Waals surface area contributed by atoms with Crippen LogP contribution < -0.4 is 0 Å². The zero-order valence-corrected chi connectivity index (χ0v) is 13.5. The van der Waals surface area contributed by atoms with Crippen LogP contribution in [0.5, 0.6) is 0 Å². The smallest absolute Gasteiger partial charge is 0.410 e. The zero-order chi connectivity index (χ0) is 16.3. The van der Waals surface area contributed by atoms with Crippen molar-refractivity contribution in [2.75, 3.05) is 13.7 Å². The van der Waals surface area contributed by atoms with Crippen LogP contribution in [0.3, 0.4) is 0 Å². The van der Waals surface area contributed by atoms with Crippen LogP contribution in [0.25, 0.3) is 0 Å². The highest BCUT2D eigenvalue weighted by molar-refractivity contribution is 5.80. The van der Waals surface area contributed by atoms with E-state index in [2.05, 4.69) is 0 Å². The Hall–Kier alpha value is -2.04. The summed E-state index contributed by atoms with van der Waals surface area (Å²) in [4.78, 5) is 26.6. The van der Waals surface area contributed by atoms with E-state index in [4.69, 9.17) is 9.47 Å².